The topological polar surface area (TPSA) is 38.0 Å². The van der Waals surface area contributed by atoms with Crippen molar-refractivity contribution in [1.82, 2.24) is 0 Å². The summed E-state index contributed by atoms with van der Waals surface area (Å²) in [6.45, 7) is 4.40. The summed E-state index contributed by atoms with van der Waals surface area (Å²) in [6.07, 6.45) is 1.15. The second kappa shape index (κ2) is 4.96. The normalized spacial score (nSPS) is 12.1. The largest absolute Gasteiger partial charge is 0.376 e. The van der Waals surface area contributed by atoms with E-state index >= 15 is 0 Å². The monoisotopic (exact) mass is 208 g/mol. The Bertz CT molecular complexity index is 306. The van der Waals surface area contributed by atoms with Crippen LogP contribution in [-0.4, -0.2) is 5.11 Å². The van der Waals surface area contributed by atoms with E-state index in [0.717, 1.165) is 12.1 Å². The van der Waals surface area contributed by atoms with Crippen LogP contribution < -0.4 is 11.1 Å². The van der Waals surface area contributed by atoms with Crippen molar-refractivity contribution in [2.45, 2.75) is 26.2 Å². The summed E-state index contributed by atoms with van der Waals surface area (Å²) >= 11 is 4.75. The predicted octanol–water partition coefficient (Wildman–Crippen LogP) is 2.86. The minimum Gasteiger partial charge on any atom is -0.376 e. The number of thiocarbonyl (C=S) groups is 1. The van der Waals surface area contributed by atoms with Gasteiger partial charge in [0.15, 0.2) is 5.11 Å². The molecule has 0 aliphatic heterocycles. The quantitative estimate of drug-likeness (QED) is 0.750. The third-order valence-electron chi connectivity index (χ3n) is 2.36. The van der Waals surface area contributed by atoms with E-state index < -0.39 is 0 Å². The van der Waals surface area contributed by atoms with E-state index in [2.05, 4.69) is 31.3 Å². The van der Waals surface area contributed by atoms with Crippen molar-refractivity contribution in [3.63, 3.8) is 0 Å². The molecule has 1 atom stereocenters. The van der Waals surface area contributed by atoms with Crippen molar-refractivity contribution in [3.05, 3.63) is 29.8 Å². The fraction of sp³-hybridized carbons (Fsp3) is 0.364. The first-order valence-corrected chi connectivity index (χ1v) is 5.20. The first-order chi connectivity index (χ1) is 6.63. The Morgan fingerprint density at radius 2 is 2.00 bits per heavy atom. The minimum absolute atomic E-state index is 0.307. The second-order valence-corrected chi connectivity index (χ2v) is 3.86. The molecule has 0 radical (unpaired) electrons. The van der Waals surface area contributed by atoms with Crippen molar-refractivity contribution >= 4 is 23.0 Å². The van der Waals surface area contributed by atoms with Gasteiger partial charge >= 0.3 is 0 Å². The molecule has 1 aromatic carbocycles. The molecule has 0 saturated heterocycles. The molecular weight excluding hydrogens is 192 g/mol. The zero-order valence-corrected chi connectivity index (χ0v) is 9.40. The van der Waals surface area contributed by atoms with E-state index in [1.54, 1.807) is 0 Å². The Morgan fingerprint density at radius 1 is 1.43 bits per heavy atom. The molecule has 14 heavy (non-hydrogen) atoms. The van der Waals surface area contributed by atoms with E-state index in [1.807, 2.05) is 12.1 Å². The Morgan fingerprint density at radius 3 is 2.43 bits per heavy atom. The Hall–Kier alpha value is -1.09. The molecule has 1 rings (SSSR count). The molecule has 2 nitrogen and oxygen atoms in total. The lowest BCUT2D eigenvalue weighted by molar-refractivity contribution is 0.734. The van der Waals surface area contributed by atoms with Crippen molar-refractivity contribution in [1.29, 1.82) is 0 Å². The molecule has 3 N–H and O–H groups in total. The number of hydrogen-bond donors (Lipinski definition) is 2. The van der Waals surface area contributed by atoms with E-state index in [-0.39, 0.29) is 0 Å². The lowest BCUT2D eigenvalue weighted by Crippen LogP contribution is -2.18. The SMILES string of the molecule is CC[C@@H](C)c1ccc(NC(N)=S)cc1. The molecule has 1 aromatic rings. The van der Waals surface area contributed by atoms with E-state index in [4.69, 9.17) is 18.0 Å². The molecule has 0 aliphatic carbocycles. The van der Waals surface area contributed by atoms with Gasteiger partial charge in [-0.1, -0.05) is 26.0 Å². The minimum atomic E-state index is 0.307. The van der Waals surface area contributed by atoms with Crippen LogP contribution in [0.5, 0.6) is 0 Å². The number of nitrogens with two attached hydrogens (primary N) is 1. The molecule has 0 fully saturated rings. The number of rotatable bonds is 3. The molecule has 0 aromatic heterocycles. The van der Waals surface area contributed by atoms with Crippen LogP contribution in [0.4, 0.5) is 5.69 Å². The van der Waals surface area contributed by atoms with Crippen LogP contribution in [0.15, 0.2) is 24.3 Å². The second-order valence-electron chi connectivity index (χ2n) is 3.42. The molecule has 0 aliphatic rings. The molecular formula is C11H16N2S. The molecule has 0 unspecified atom stereocenters. The summed E-state index contributed by atoms with van der Waals surface area (Å²) in [7, 11) is 0. The van der Waals surface area contributed by atoms with Gasteiger partial charge in [-0.25, -0.2) is 0 Å². The van der Waals surface area contributed by atoms with Gasteiger partial charge in [-0.05, 0) is 42.3 Å². The number of anilines is 1. The van der Waals surface area contributed by atoms with Gasteiger partial charge in [0, 0.05) is 5.69 Å². The Balaban J connectivity index is 2.73. The average molecular weight is 208 g/mol. The third-order valence-corrected chi connectivity index (χ3v) is 2.46. The van der Waals surface area contributed by atoms with Gasteiger partial charge in [-0.2, -0.15) is 0 Å². The highest BCUT2D eigenvalue weighted by atomic mass is 32.1. The maximum Gasteiger partial charge on any atom is 0.168 e. The van der Waals surface area contributed by atoms with Crippen LogP contribution >= 0.6 is 12.2 Å². The lowest BCUT2D eigenvalue weighted by Gasteiger charge is -2.10. The highest BCUT2D eigenvalue weighted by Crippen LogP contribution is 2.20. The van der Waals surface area contributed by atoms with Gasteiger partial charge in [0.2, 0.25) is 0 Å². The van der Waals surface area contributed by atoms with Gasteiger partial charge in [0.25, 0.3) is 0 Å². The molecule has 0 spiro atoms. The fourth-order valence-electron chi connectivity index (χ4n) is 1.27. The van der Waals surface area contributed by atoms with Crippen molar-refractivity contribution < 1.29 is 0 Å². The Labute approximate surface area is 90.5 Å². The molecule has 0 amide bonds. The van der Waals surface area contributed by atoms with Gasteiger partial charge < -0.3 is 11.1 Å². The highest BCUT2D eigenvalue weighted by Gasteiger charge is 2.01. The average Bonchev–Trinajstić information content (AvgIpc) is 2.17. The number of hydrogen-bond acceptors (Lipinski definition) is 1. The van der Waals surface area contributed by atoms with Gasteiger partial charge in [-0.15, -0.1) is 0 Å². The molecule has 0 heterocycles. The summed E-state index contributed by atoms with van der Waals surface area (Å²) in [5.41, 5.74) is 7.67. The summed E-state index contributed by atoms with van der Waals surface area (Å²) in [5, 5.41) is 3.20. The summed E-state index contributed by atoms with van der Waals surface area (Å²) in [4.78, 5) is 0. The highest BCUT2D eigenvalue weighted by molar-refractivity contribution is 7.80. The van der Waals surface area contributed by atoms with Crippen LogP contribution in [0, 0.1) is 0 Å². The van der Waals surface area contributed by atoms with Gasteiger partial charge in [0.05, 0.1) is 0 Å². The van der Waals surface area contributed by atoms with Crippen LogP contribution in [0.25, 0.3) is 0 Å². The van der Waals surface area contributed by atoms with Crippen LogP contribution in [-0.2, 0) is 0 Å². The number of benzene rings is 1. The zero-order valence-electron chi connectivity index (χ0n) is 8.58. The van der Waals surface area contributed by atoms with E-state index in [9.17, 15) is 0 Å². The third kappa shape index (κ3) is 3.00. The molecule has 76 valence electrons. The predicted molar refractivity (Wildman–Crippen MR) is 65.6 cm³/mol. The van der Waals surface area contributed by atoms with E-state index in [0.29, 0.717) is 11.0 Å². The first-order valence-electron chi connectivity index (χ1n) is 4.80. The smallest absolute Gasteiger partial charge is 0.168 e. The van der Waals surface area contributed by atoms with Crippen molar-refractivity contribution in [3.8, 4) is 0 Å². The zero-order chi connectivity index (χ0) is 10.6. The van der Waals surface area contributed by atoms with Crippen molar-refractivity contribution in [2.24, 2.45) is 5.73 Å². The molecule has 0 bridgehead atoms. The standard InChI is InChI=1S/C11H16N2S/c1-3-8(2)9-4-6-10(7-5-9)13-11(12)14/h4-8H,3H2,1-2H3,(H3,12,13,14)/t8-/m1/s1. The van der Waals surface area contributed by atoms with E-state index in [1.165, 1.54) is 5.56 Å². The lowest BCUT2D eigenvalue weighted by atomic mass is 9.99. The van der Waals surface area contributed by atoms with Crippen molar-refractivity contribution in [2.75, 3.05) is 5.32 Å². The molecule has 0 saturated carbocycles. The van der Waals surface area contributed by atoms with Crippen LogP contribution in [0.3, 0.4) is 0 Å². The summed E-state index contributed by atoms with van der Waals surface area (Å²) in [5.74, 6) is 0.605. The fourth-order valence-corrected chi connectivity index (χ4v) is 1.39. The summed E-state index contributed by atoms with van der Waals surface area (Å²) < 4.78 is 0. The molecule has 3 heteroatoms. The maximum atomic E-state index is 5.37. The van der Waals surface area contributed by atoms with Crippen LogP contribution in [0.2, 0.25) is 0 Å². The Kier molecular flexibility index (Phi) is 3.89. The van der Waals surface area contributed by atoms with Gasteiger partial charge in [-0.3, -0.25) is 0 Å². The van der Waals surface area contributed by atoms with Gasteiger partial charge in [0.1, 0.15) is 0 Å². The first kappa shape index (κ1) is 11.0. The number of nitrogens with one attached hydrogen (secondary N) is 1. The maximum absolute atomic E-state index is 5.37. The van der Waals surface area contributed by atoms with Crippen LogP contribution in [0.1, 0.15) is 31.7 Å². The summed E-state index contributed by atoms with van der Waals surface area (Å²) in [6, 6.07) is 8.21.